The van der Waals surface area contributed by atoms with Crippen molar-refractivity contribution in [3.8, 4) is 0 Å². The van der Waals surface area contributed by atoms with Crippen LogP contribution in [-0.2, 0) is 12.6 Å². The van der Waals surface area contributed by atoms with Gasteiger partial charge < -0.3 is 5.73 Å². The molecule has 1 aromatic carbocycles. The van der Waals surface area contributed by atoms with E-state index in [9.17, 15) is 17.6 Å². The van der Waals surface area contributed by atoms with Crippen molar-refractivity contribution in [3.63, 3.8) is 0 Å². The molecule has 2 rings (SSSR count). The van der Waals surface area contributed by atoms with Crippen molar-refractivity contribution in [1.29, 1.82) is 0 Å². The second-order valence-corrected chi connectivity index (χ2v) is 4.67. The molecule has 1 aliphatic rings. The molecule has 94 valence electrons. The smallest absolute Gasteiger partial charge is 0.325 e. The van der Waals surface area contributed by atoms with E-state index in [4.69, 9.17) is 5.73 Å². The molecule has 17 heavy (non-hydrogen) atoms. The summed E-state index contributed by atoms with van der Waals surface area (Å²) in [4.78, 5) is 0. The Labute approximate surface area is 96.6 Å². The molecular formula is C12H13F4N. The van der Waals surface area contributed by atoms with Crippen LogP contribution in [0.1, 0.15) is 30.4 Å². The number of nitrogens with two attached hydrogens (primary N) is 1. The van der Waals surface area contributed by atoms with Crippen molar-refractivity contribution in [2.75, 3.05) is 0 Å². The van der Waals surface area contributed by atoms with Gasteiger partial charge in [0.15, 0.2) is 0 Å². The van der Waals surface area contributed by atoms with E-state index in [2.05, 4.69) is 0 Å². The lowest BCUT2D eigenvalue weighted by Gasteiger charge is -2.11. The third-order valence-electron chi connectivity index (χ3n) is 3.16. The molecule has 0 aromatic heterocycles. The Morgan fingerprint density at radius 2 is 1.88 bits per heavy atom. The van der Waals surface area contributed by atoms with E-state index in [0.29, 0.717) is 24.5 Å². The minimum Gasteiger partial charge on any atom is -0.325 e. The minimum absolute atomic E-state index is 0.213. The fraction of sp³-hybridized carbons (Fsp3) is 0.500. The van der Waals surface area contributed by atoms with Crippen LogP contribution in [0, 0.1) is 5.82 Å². The van der Waals surface area contributed by atoms with Crippen molar-refractivity contribution in [2.45, 2.75) is 37.4 Å². The number of rotatable bonds is 3. The second kappa shape index (κ2) is 3.98. The average molecular weight is 247 g/mol. The molecule has 1 aliphatic carbocycles. The summed E-state index contributed by atoms with van der Waals surface area (Å²) in [6.45, 7) is 0. The largest absolute Gasteiger partial charge is 0.416 e. The highest BCUT2D eigenvalue weighted by Crippen LogP contribution is 2.37. The van der Waals surface area contributed by atoms with Crippen molar-refractivity contribution in [2.24, 2.45) is 5.73 Å². The van der Waals surface area contributed by atoms with Crippen LogP contribution in [0.2, 0.25) is 0 Å². The molecule has 0 atom stereocenters. The molecule has 0 aliphatic heterocycles. The molecule has 0 spiro atoms. The molecule has 0 saturated heterocycles. The molecule has 5 heteroatoms. The lowest BCUT2D eigenvalue weighted by molar-refractivity contribution is -0.137. The van der Waals surface area contributed by atoms with Gasteiger partial charge in [0.1, 0.15) is 5.82 Å². The van der Waals surface area contributed by atoms with Crippen LogP contribution in [0.25, 0.3) is 0 Å². The van der Waals surface area contributed by atoms with Crippen LogP contribution in [0.4, 0.5) is 17.6 Å². The van der Waals surface area contributed by atoms with Crippen LogP contribution < -0.4 is 5.73 Å². The summed E-state index contributed by atoms with van der Waals surface area (Å²) in [5.74, 6) is -0.802. The lowest BCUT2D eigenvalue weighted by atomic mass is 10.0. The van der Waals surface area contributed by atoms with Gasteiger partial charge in [-0.2, -0.15) is 13.2 Å². The monoisotopic (exact) mass is 247 g/mol. The van der Waals surface area contributed by atoms with Crippen LogP contribution in [-0.4, -0.2) is 5.54 Å². The van der Waals surface area contributed by atoms with Gasteiger partial charge in [0.2, 0.25) is 0 Å². The quantitative estimate of drug-likeness (QED) is 0.815. The maximum atomic E-state index is 13.4. The van der Waals surface area contributed by atoms with Crippen molar-refractivity contribution < 1.29 is 17.6 Å². The molecule has 0 radical (unpaired) electrons. The average Bonchev–Trinajstić information content (AvgIpc) is 2.94. The zero-order chi connectivity index (χ0) is 12.7. The van der Waals surface area contributed by atoms with Gasteiger partial charge in [-0.1, -0.05) is 6.07 Å². The van der Waals surface area contributed by atoms with Gasteiger partial charge in [-0.05, 0) is 43.4 Å². The maximum Gasteiger partial charge on any atom is 0.416 e. The zero-order valence-electron chi connectivity index (χ0n) is 9.15. The molecule has 1 aromatic rings. The van der Waals surface area contributed by atoms with Crippen LogP contribution >= 0.6 is 0 Å². The first-order valence-electron chi connectivity index (χ1n) is 5.45. The van der Waals surface area contributed by atoms with Crippen molar-refractivity contribution in [1.82, 2.24) is 0 Å². The fourth-order valence-electron chi connectivity index (χ4n) is 1.72. The molecule has 1 saturated carbocycles. The number of halogens is 4. The Morgan fingerprint density at radius 1 is 1.24 bits per heavy atom. The topological polar surface area (TPSA) is 26.0 Å². The van der Waals surface area contributed by atoms with E-state index in [1.54, 1.807) is 0 Å². The lowest BCUT2D eigenvalue weighted by Crippen LogP contribution is -2.22. The van der Waals surface area contributed by atoms with E-state index in [-0.39, 0.29) is 5.54 Å². The number of benzene rings is 1. The van der Waals surface area contributed by atoms with Crippen molar-refractivity contribution >= 4 is 0 Å². The molecule has 0 unspecified atom stereocenters. The first-order chi connectivity index (χ1) is 7.80. The number of aryl methyl sites for hydroxylation is 1. The Kier molecular flexibility index (Phi) is 2.89. The number of hydrogen-bond donors (Lipinski definition) is 1. The van der Waals surface area contributed by atoms with E-state index < -0.39 is 17.6 Å². The normalized spacial score (nSPS) is 18.2. The molecule has 2 N–H and O–H groups in total. The highest BCUT2D eigenvalue weighted by molar-refractivity contribution is 5.27. The third-order valence-corrected chi connectivity index (χ3v) is 3.16. The van der Waals surface area contributed by atoms with Crippen LogP contribution in [0.5, 0.6) is 0 Å². The van der Waals surface area contributed by atoms with Gasteiger partial charge in [0, 0.05) is 5.54 Å². The fourth-order valence-corrected chi connectivity index (χ4v) is 1.72. The summed E-state index contributed by atoms with van der Waals surface area (Å²) in [6, 6.07) is 2.66. The highest BCUT2D eigenvalue weighted by Gasteiger charge is 2.37. The number of alkyl halides is 3. The summed E-state index contributed by atoms with van der Waals surface area (Å²) < 4.78 is 50.3. The maximum absolute atomic E-state index is 13.4. The molecule has 1 nitrogen and oxygen atoms in total. The van der Waals surface area contributed by atoms with E-state index in [1.807, 2.05) is 0 Å². The Bertz CT molecular complexity index is 421. The summed E-state index contributed by atoms with van der Waals surface area (Å²) in [6.07, 6.45) is -1.66. The Morgan fingerprint density at radius 3 is 2.35 bits per heavy atom. The van der Waals surface area contributed by atoms with Gasteiger partial charge in [-0.15, -0.1) is 0 Å². The zero-order valence-corrected chi connectivity index (χ0v) is 9.15. The van der Waals surface area contributed by atoms with Gasteiger partial charge in [-0.3, -0.25) is 0 Å². The third kappa shape index (κ3) is 2.97. The van der Waals surface area contributed by atoms with Gasteiger partial charge in [-0.25, -0.2) is 4.39 Å². The predicted octanol–water partition coefficient (Wildman–Crippen LogP) is 3.27. The molecule has 0 heterocycles. The Hall–Kier alpha value is -1.10. The van der Waals surface area contributed by atoms with Gasteiger partial charge >= 0.3 is 6.18 Å². The molecule has 0 bridgehead atoms. The number of hydrogen-bond acceptors (Lipinski definition) is 1. The van der Waals surface area contributed by atoms with Crippen molar-refractivity contribution in [3.05, 3.63) is 35.1 Å². The summed E-state index contributed by atoms with van der Waals surface area (Å²) >= 11 is 0. The highest BCUT2D eigenvalue weighted by atomic mass is 19.4. The Balaban J connectivity index is 2.09. The summed E-state index contributed by atoms with van der Waals surface area (Å²) in [7, 11) is 0. The standard InChI is InChI=1S/C12H13F4N/c13-10-7-9(12(14,15)16)2-1-8(10)3-4-11(17)5-6-11/h1-2,7H,3-6,17H2. The SMILES string of the molecule is NC1(CCc2ccc(C(F)(F)F)cc2F)CC1. The molecule has 0 amide bonds. The molecular weight excluding hydrogens is 234 g/mol. The van der Waals surface area contributed by atoms with Crippen LogP contribution in [0.3, 0.4) is 0 Å². The first kappa shape index (κ1) is 12.4. The summed E-state index contributed by atoms with van der Waals surface area (Å²) in [5.41, 5.74) is 4.98. The van der Waals surface area contributed by atoms with E-state index in [1.165, 1.54) is 6.07 Å². The molecule has 1 fully saturated rings. The first-order valence-corrected chi connectivity index (χ1v) is 5.45. The predicted molar refractivity (Wildman–Crippen MR) is 55.9 cm³/mol. The van der Waals surface area contributed by atoms with E-state index >= 15 is 0 Å². The van der Waals surface area contributed by atoms with Crippen LogP contribution in [0.15, 0.2) is 18.2 Å². The van der Waals surface area contributed by atoms with Gasteiger partial charge in [0.25, 0.3) is 0 Å². The van der Waals surface area contributed by atoms with Gasteiger partial charge in [0.05, 0.1) is 5.56 Å². The second-order valence-electron chi connectivity index (χ2n) is 4.67. The summed E-state index contributed by atoms with van der Waals surface area (Å²) in [5, 5.41) is 0. The minimum atomic E-state index is -4.50. The van der Waals surface area contributed by atoms with E-state index in [0.717, 1.165) is 18.9 Å².